The molecule has 0 atom stereocenters. The fourth-order valence-electron chi connectivity index (χ4n) is 3.70. The number of anilines is 1. The molecular formula is C21H18N4. The molecule has 0 unspecified atom stereocenters. The molecular weight excluding hydrogens is 308 g/mol. The molecule has 4 heteroatoms. The highest BCUT2D eigenvalue weighted by molar-refractivity contribution is 5.96. The quantitative estimate of drug-likeness (QED) is 0.614. The van der Waals surface area contributed by atoms with Crippen molar-refractivity contribution in [1.82, 2.24) is 15.0 Å². The maximum atomic E-state index is 4.44. The molecule has 0 saturated heterocycles. The van der Waals surface area contributed by atoms with Crippen LogP contribution in [0.5, 0.6) is 0 Å². The van der Waals surface area contributed by atoms with E-state index >= 15 is 0 Å². The van der Waals surface area contributed by atoms with Crippen LogP contribution in [0.3, 0.4) is 0 Å². The zero-order valence-corrected chi connectivity index (χ0v) is 13.8. The Labute approximate surface area is 146 Å². The van der Waals surface area contributed by atoms with Crippen molar-refractivity contribution < 1.29 is 0 Å². The first kappa shape index (κ1) is 14.2. The second kappa shape index (κ2) is 5.74. The lowest BCUT2D eigenvalue weighted by Gasteiger charge is -2.19. The average molecular weight is 326 g/mol. The molecule has 0 saturated carbocycles. The minimum absolute atomic E-state index is 0.865. The van der Waals surface area contributed by atoms with Crippen molar-refractivity contribution in [3.05, 3.63) is 78.6 Å². The zero-order chi connectivity index (χ0) is 16.6. The molecule has 0 radical (unpaired) electrons. The normalized spacial score (nSPS) is 13.4. The van der Waals surface area contributed by atoms with E-state index in [1.807, 2.05) is 18.6 Å². The number of imidazole rings is 1. The fourth-order valence-corrected chi connectivity index (χ4v) is 3.70. The van der Waals surface area contributed by atoms with E-state index in [2.05, 4.69) is 62.3 Å². The number of benzene rings is 2. The van der Waals surface area contributed by atoms with Crippen molar-refractivity contribution in [2.24, 2.45) is 0 Å². The monoisotopic (exact) mass is 326 g/mol. The van der Waals surface area contributed by atoms with Crippen LogP contribution in [0.15, 0.2) is 67.4 Å². The Kier molecular flexibility index (Phi) is 3.27. The largest absolute Gasteiger partial charge is 0.365 e. The van der Waals surface area contributed by atoms with Crippen LogP contribution in [0.4, 0.5) is 5.69 Å². The Balaban J connectivity index is 1.58. The molecule has 2 aromatic carbocycles. The minimum atomic E-state index is 0.865. The predicted molar refractivity (Wildman–Crippen MR) is 101 cm³/mol. The lowest BCUT2D eigenvalue weighted by atomic mass is 9.99. The molecule has 0 aliphatic carbocycles. The highest BCUT2D eigenvalue weighted by Gasteiger charge is 2.20. The summed E-state index contributed by atoms with van der Waals surface area (Å²) < 4.78 is 0. The van der Waals surface area contributed by atoms with Crippen molar-refractivity contribution in [2.75, 3.05) is 11.4 Å². The van der Waals surface area contributed by atoms with Gasteiger partial charge in [-0.3, -0.25) is 4.98 Å². The maximum Gasteiger partial charge on any atom is 0.0922 e. The van der Waals surface area contributed by atoms with E-state index in [-0.39, 0.29) is 0 Å². The third-order valence-electron chi connectivity index (χ3n) is 4.97. The summed E-state index contributed by atoms with van der Waals surface area (Å²) in [5, 5.41) is 2.42. The Bertz CT molecular complexity index is 1030. The summed E-state index contributed by atoms with van der Waals surface area (Å²) in [6.07, 6.45) is 8.63. The molecule has 5 rings (SSSR count). The summed E-state index contributed by atoms with van der Waals surface area (Å²) >= 11 is 0. The van der Waals surface area contributed by atoms with E-state index < -0.39 is 0 Å². The van der Waals surface area contributed by atoms with E-state index in [9.17, 15) is 0 Å². The highest BCUT2D eigenvalue weighted by Crippen LogP contribution is 2.35. The molecule has 3 heterocycles. The van der Waals surface area contributed by atoms with E-state index in [1.54, 1.807) is 6.33 Å². The number of aromatic nitrogens is 3. The van der Waals surface area contributed by atoms with Gasteiger partial charge >= 0.3 is 0 Å². The van der Waals surface area contributed by atoms with Gasteiger partial charge in [-0.1, -0.05) is 36.4 Å². The molecule has 122 valence electrons. The van der Waals surface area contributed by atoms with Crippen LogP contribution in [-0.2, 0) is 13.0 Å². The summed E-state index contributed by atoms with van der Waals surface area (Å²) in [5.41, 5.74) is 6.29. The number of aromatic amines is 1. The molecule has 4 aromatic rings. The van der Waals surface area contributed by atoms with Crippen LogP contribution in [0, 0.1) is 0 Å². The summed E-state index contributed by atoms with van der Waals surface area (Å²) in [6.45, 7) is 1.91. The number of pyridine rings is 1. The first-order valence-electron chi connectivity index (χ1n) is 8.57. The van der Waals surface area contributed by atoms with Crippen LogP contribution >= 0.6 is 0 Å². The number of fused-ring (bicyclic) bond motifs is 2. The Morgan fingerprint density at radius 3 is 2.88 bits per heavy atom. The predicted octanol–water partition coefficient (Wildman–Crippen LogP) is 4.19. The van der Waals surface area contributed by atoms with Gasteiger partial charge in [0, 0.05) is 41.8 Å². The second-order valence-electron chi connectivity index (χ2n) is 6.50. The molecule has 2 aromatic heterocycles. The van der Waals surface area contributed by atoms with Gasteiger partial charge in [0.1, 0.15) is 0 Å². The molecule has 0 bridgehead atoms. The average Bonchev–Trinajstić information content (AvgIpc) is 3.31. The summed E-state index contributed by atoms with van der Waals surface area (Å²) in [7, 11) is 0. The highest BCUT2D eigenvalue weighted by atomic mass is 15.2. The van der Waals surface area contributed by atoms with Crippen LogP contribution in [0.2, 0.25) is 0 Å². The molecule has 1 N–H and O–H groups in total. The topological polar surface area (TPSA) is 44.8 Å². The van der Waals surface area contributed by atoms with Crippen molar-refractivity contribution in [3.8, 4) is 11.1 Å². The number of H-pyrrole nitrogens is 1. The van der Waals surface area contributed by atoms with Crippen LogP contribution in [0.25, 0.3) is 21.9 Å². The third-order valence-corrected chi connectivity index (χ3v) is 4.97. The number of hydrogen-bond donors (Lipinski definition) is 1. The van der Waals surface area contributed by atoms with Gasteiger partial charge in [-0.15, -0.1) is 0 Å². The molecule has 25 heavy (non-hydrogen) atoms. The number of hydrogen-bond acceptors (Lipinski definition) is 3. The van der Waals surface area contributed by atoms with E-state index in [1.165, 1.54) is 33.2 Å². The standard InChI is InChI=1S/C21H18N4/c1-2-4-19-17(3-1)10-22-12-20(19)16-6-5-15-7-8-25(21(15)9-16)13-18-11-23-14-24-18/h1-6,9-12,14H,7-8,13H2,(H,23,24). The van der Waals surface area contributed by atoms with Crippen molar-refractivity contribution >= 4 is 16.5 Å². The molecule has 0 spiro atoms. The number of rotatable bonds is 3. The molecule has 1 aliphatic rings. The van der Waals surface area contributed by atoms with Crippen molar-refractivity contribution in [1.29, 1.82) is 0 Å². The lowest BCUT2D eigenvalue weighted by Crippen LogP contribution is -2.19. The van der Waals surface area contributed by atoms with Gasteiger partial charge in [0.05, 0.1) is 18.6 Å². The zero-order valence-electron chi connectivity index (χ0n) is 13.8. The Morgan fingerprint density at radius 1 is 1.00 bits per heavy atom. The van der Waals surface area contributed by atoms with Gasteiger partial charge in [0.25, 0.3) is 0 Å². The van der Waals surface area contributed by atoms with Gasteiger partial charge in [-0.25, -0.2) is 4.98 Å². The smallest absolute Gasteiger partial charge is 0.0922 e. The summed E-state index contributed by atoms with van der Waals surface area (Å²) in [5.74, 6) is 0. The molecule has 0 amide bonds. The first-order valence-corrected chi connectivity index (χ1v) is 8.57. The van der Waals surface area contributed by atoms with E-state index in [4.69, 9.17) is 0 Å². The van der Waals surface area contributed by atoms with E-state index in [0.29, 0.717) is 0 Å². The minimum Gasteiger partial charge on any atom is -0.365 e. The summed E-state index contributed by atoms with van der Waals surface area (Å²) in [6, 6.07) is 15.2. The van der Waals surface area contributed by atoms with Gasteiger partial charge < -0.3 is 9.88 Å². The molecule has 0 fully saturated rings. The van der Waals surface area contributed by atoms with Crippen LogP contribution < -0.4 is 4.90 Å². The fraction of sp³-hybridized carbons (Fsp3) is 0.143. The van der Waals surface area contributed by atoms with Crippen molar-refractivity contribution in [2.45, 2.75) is 13.0 Å². The van der Waals surface area contributed by atoms with Crippen LogP contribution in [-0.4, -0.2) is 21.5 Å². The second-order valence-corrected chi connectivity index (χ2v) is 6.50. The lowest BCUT2D eigenvalue weighted by molar-refractivity contribution is 0.819. The number of nitrogens with zero attached hydrogens (tertiary/aromatic N) is 3. The van der Waals surface area contributed by atoms with Gasteiger partial charge in [0.2, 0.25) is 0 Å². The number of nitrogens with one attached hydrogen (secondary N) is 1. The Hall–Kier alpha value is -3.14. The van der Waals surface area contributed by atoms with Gasteiger partial charge in [-0.2, -0.15) is 0 Å². The SMILES string of the molecule is c1ccc2c(-c3ccc4c(c3)N(Cc3cnc[nH]3)CC4)cncc2c1. The van der Waals surface area contributed by atoms with Crippen LogP contribution in [0.1, 0.15) is 11.3 Å². The summed E-state index contributed by atoms with van der Waals surface area (Å²) in [4.78, 5) is 14.2. The molecule has 4 nitrogen and oxygen atoms in total. The van der Waals surface area contributed by atoms with Crippen molar-refractivity contribution in [3.63, 3.8) is 0 Å². The van der Waals surface area contributed by atoms with Gasteiger partial charge in [-0.05, 0) is 29.0 Å². The maximum absolute atomic E-state index is 4.44. The third kappa shape index (κ3) is 2.47. The first-order chi connectivity index (χ1) is 12.4. The molecule has 1 aliphatic heterocycles. The Morgan fingerprint density at radius 2 is 1.96 bits per heavy atom. The van der Waals surface area contributed by atoms with Gasteiger partial charge in [0.15, 0.2) is 0 Å². The van der Waals surface area contributed by atoms with E-state index in [0.717, 1.165) is 25.2 Å².